The Hall–Kier alpha value is -2.83. The molecule has 2 rings (SSSR count). The molecule has 122 valence electrons. The molecule has 1 amide bonds. The van der Waals surface area contributed by atoms with Crippen molar-refractivity contribution in [2.75, 3.05) is 0 Å². The van der Waals surface area contributed by atoms with Gasteiger partial charge in [0.15, 0.2) is 5.76 Å². The minimum Gasteiger partial charge on any atom is -0.486 e. The highest BCUT2D eigenvalue weighted by molar-refractivity contribution is 5.94. The van der Waals surface area contributed by atoms with E-state index in [1.165, 1.54) is 30.3 Å². The van der Waals surface area contributed by atoms with E-state index in [1.54, 1.807) is 13.0 Å². The van der Waals surface area contributed by atoms with Crippen LogP contribution in [0.5, 0.6) is 5.75 Å². The van der Waals surface area contributed by atoms with Crippen LogP contribution in [0.2, 0.25) is 0 Å². The molecule has 1 unspecified atom stereocenters. The highest BCUT2D eigenvalue weighted by atomic mass is 19.1. The molecule has 0 fully saturated rings. The number of hydrogen-bond donors (Lipinski definition) is 2. The number of amides is 1. The number of carboxylic acid groups (broad SMARTS) is 1. The van der Waals surface area contributed by atoms with Crippen LogP contribution in [0.1, 0.15) is 29.7 Å². The maximum absolute atomic E-state index is 12.8. The van der Waals surface area contributed by atoms with Crippen molar-refractivity contribution in [2.45, 2.75) is 26.0 Å². The fourth-order valence-electron chi connectivity index (χ4n) is 1.83. The van der Waals surface area contributed by atoms with Gasteiger partial charge in [-0.05, 0) is 42.8 Å². The fourth-order valence-corrected chi connectivity index (χ4v) is 1.83. The molecule has 6 nitrogen and oxygen atoms in total. The lowest BCUT2D eigenvalue weighted by molar-refractivity contribution is -0.139. The molecule has 7 heteroatoms. The summed E-state index contributed by atoms with van der Waals surface area (Å²) in [6, 6.07) is 7.52. The molecule has 1 heterocycles. The molecular weight excluding hydrogens is 305 g/mol. The number of benzene rings is 1. The standard InChI is InChI=1S/C16H16FNO5/c1-2-13(16(20)21)18-15(19)14-8-7-12(23-14)9-22-11-5-3-10(17)4-6-11/h3-8,13H,2,9H2,1H3,(H,18,19)(H,20,21). The summed E-state index contributed by atoms with van der Waals surface area (Å²) >= 11 is 0. The van der Waals surface area contributed by atoms with Gasteiger partial charge in [0.2, 0.25) is 0 Å². The quantitative estimate of drug-likeness (QED) is 0.818. The first-order chi connectivity index (χ1) is 11.0. The van der Waals surface area contributed by atoms with Gasteiger partial charge in [-0.3, -0.25) is 4.79 Å². The third-order valence-electron chi connectivity index (χ3n) is 3.09. The SMILES string of the molecule is CCC(NC(=O)c1ccc(COc2ccc(F)cc2)o1)C(=O)O. The predicted molar refractivity (Wildman–Crippen MR) is 78.6 cm³/mol. The third-order valence-corrected chi connectivity index (χ3v) is 3.09. The fraction of sp³-hybridized carbons (Fsp3) is 0.250. The summed E-state index contributed by atoms with van der Waals surface area (Å²) in [6.45, 7) is 1.72. The largest absolute Gasteiger partial charge is 0.486 e. The molecule has 2 N–H and O–H groups in total. The van der Waals surface area contributed by atoms with Gasteiger partial charge in [0, 0.05) is 0 Å². The van der Waals surface area contributed by atoms with Gasteiger partial charge in [-0.2, -0.15) is 0 Å². The van der Waals surface area contributed by atoms with Gasteiger partial charge in [-0.1, -0.05) is 6.92 Å². The second kappa shape index (κ2) is 7.44. The second-order valence-electron chi connectivity index (χ2n) is 4.78. The predicted octanol–water partition coefficient (Wildman–Crippen LogP) is 2.59. The molecule has 0 aliphatic rings. The van der Waals surface area contributed by atoms with Crippen LogP contribution in [0.25, 0.3) is 0 Å². The van der Waals surface area contributed by atoms with E-state index in [-0.39, 0.29) is 24.6 Å². The number of nitrogens with one attached hydrogen (secondary N) is 1. The van der Waals surface area contributed by atoms with E-state index in [0.29, 0.717) is 11.5 Å². The highest BCUT2D eigenvalue weighted by Gasteiger charge is 2.20. The Morgan fingerprint density at radius 1 is 1.26 bits per heavy atom. The zero-order valence-electron chi connectivity index (χ0n) is 12.4. The Balaban J connectivity index is 1.93. The Morgan fingerprint density at radius 3 is 2.57 bits per heavy atom. The van der Waals surface area contributed by atoms with Gasteiger partial charge in [0.1, 0.15) is 30.0 Å². The summed E-state index contributed by atoms with van der Waals surface area (Å²) in [5, 5.41) is 11.3. The zero-order valence-corrected chi connectivity index (χ0v) is 12.4. The van der Waals surface area contributed by atoms with Crippen molar-refractivity contribution in [3.05, 3.63) is 53.7 Å². The molecule has 1 aromatic heterocycles. The van der Waals surface area contributed by atoms with Crippen LogP contribution in [0.4, 0.5) is 4.39 Å². The Morgan fingerprint density at radius 2 is 1.96 bits per heavy atom. The molecule has 0 radical (unpaired) electrons. The van der Waals surface area contributed by atoms with Gasteiger partial charge in [-0.25, -0.2) is 9.18 Å². The average molecular weight is 321 g/mol. The minimum absolute atomic E-state index is 0.00223. The molecule has 1 atom stereocenters. The van der Waals surface area contributed by atoms with Crippen LogP contribution < -0.4 is 10.1 Å². The minimum atomic E-state index is -1.10. The summed E-state index contributed by atoms with van der Waals surface area (Å²) in [5.41, 5.74) is 0. The summed E-state index contributed by atoms with van der Waals surface area (Å²) in [4.78, 5) is 22.8. The van der Waals surface area contributed by atoms with E-state index in [9.17, 15) is 14.0 Å². The molecule has 0 saturated heterocycles. The average Bonchev–Trinajstić information content (AvgIpc) is 3.00. The van der Waals surface area contributed by atoms with Crippen molar-refractivity contribution in [2.24, 2.45) is 0 Å². The molecule has 0 aliphatic carbocycles. The third kappa shape index (κ3) is 4.57. The first-order valence-electron chi connectivity index (χ1n) is 7.00. The number of carboxylic acids is 1. The van der Waals surface area contributed by atoms with E-state index in [1.807, 2.05) is 0 Å². The van der Waals surface area contributed by atoms with Crippen molar-refractivity contribution in [1.82, 2.24) is 5.32 Å². The summed E-state index contributed by atoms with van der Waals surface area (Å²) in [5.74, 6) is -1.21. The van der Waals surface area contributed by atoms with Crippen LogP contribution in [0.15, 0.2) is 40.8 Å². The second-order valence-corrected chi connectivity index (χ2v) is 4.78. The molecule has 1 aromatic carbocycles. The number of carbonyl (C=O) groups is 2. The van der Waals surface area contributed by atoms with Crippen LogP contribution in [0.3, 0.4) is 0 Å². The van der Waals surface area contributed by atoms with E-state index in [2.05, 4.69) is 5.32 Å². The van der Waals surface area contributed by atoms with Crippen LogP contribution in [0, 0.1) is 5.82 Å². The normalized spacial score (nSPS) is 11.7. The van der Waals surface area contributed by atoms with Crippen LogP contribution >= 0.6 is 0 Å². The van der Waals surface area contributed by atoms with E-state index >= 15 is 0 Å². The Labute approximate surface area is 131 Å². The monoisotopic (exact) mass is 321 g/mol. The van der Waals surface area contributed by atoms with Crippen molar-refractivity contribution < 1.29 is 28.2 Å². The maximum Gasteiger partial charge on any atom is 0.326 e. The van der Waals surface area contributed by atoms with Crippen LogP contribution in [-0.2, 0) is 11.4 Å². The molecule has 0 saturated carbocycles. The lowest BCUT2D eigenvalue weighted by atomic mass is 10.2. The first kappa shape index (κ1) is 16.5. The van der Waals surface area contributed by atoms with Crippen molar-refractivity contribution in [3.8, 4) is 5.75 Å². The zero-order chi connectivity index (χ0) is 16.8. The van der Waals surface area contributed by atoms with Gasteiger partial charge in [0.25, 0.3) is 5.91 Å². The highest BCUT2D eigenvalue weighted by Crippen LogP contribution is 2.15. The molecule has 0 bridgehead atoms. The summed E-state index contributed by atoms with van der Waals surface area (Å²) < 4.78 is 23.5. The number of aliphatic carboxylic acids is 1. The van der Waals surface area contributed by atoms with Crippen molar-refractivity contribution in [3.63, 3.8) is 0 Å². The number of furan rings is 1. The van der Waals surface area contributed by atoms with Gasteiger partial charge < -0.3 is 19.6 Å². The van der Waals surface area contributed by atoms with Gasteiger partial charge in [0.05, 0.1) is 0 Å². The number of rotatable bonds is 7. The lowest BCUT2D eigenvalue weighted by Gasteiger charge is -2.10. The van der Waals surface area contributed by atoms with E-state index < -0.39 is 17.9 Å². The van der Waals surface area contributed by atoms with Crippen LogP contribution in [-0.4, -0.2) is 23.0 Å². The molecule has 23 heavy (non-hydrogen) atoms. The number of hydrogen-bond acceptors (Lipinski definition) is 4. The molecule has 2 aromatic rings. The van der Waals surface area contributed by atoms with Crippen molar-refractivity contribution >= 4 is 11.9 Å². The van der Waals surface area contributed by atoms with E-state index in [4.69, 9.17) is 14.3 Å². The molecule has 0 aliphatic heterocycles. The van der Waals surface area contributed by atoms with Gasteiger partial charge in [-0.15, -0.1) is 0 Å². The maximum atomic E-state index is 12.8. The molecule has 0 spiro atoms. The topological polar surface area (TPSA) is 88.8 Å². The summed E-state index contributed by atoms with van der Waals surface area (Å²) in [6.07, 6.45) is 0.266. The van der Waals surface area contributed by atoms with Crippen molar-refractivity contribution in [1.29, 1.82) is 0 Å². The number of halogens is 1. The number of carbonyl (C=O) groups excluding carboxylic acids is 1. The number of ether oxygens (including phenoxy) is 1. The summed E-state index contributed by atoms with van der Waals surface area (Å²) in [7, 11) is 0. The smallest absolute Gasteiger partial charge is 0.326 e. The lowest BCUT2D eigenvalue weighted by Crippen LogP contribution is -2.40. The Kier molecular flexibility index (Phi) is 5.35. The van der Waals surface area contributed by atoms with Gasteiger partial charge >= 0.3 is 5.97 Å². The van der Waals surface area contributed by atoms with E-state index in [0.717, 1.165) is 0 Å². The Bertz CT molecular complexity index is 680. The molecular formula is C16H16FNO5. The first-order valence-corrected chi connectivity index (χ1v) is 7.00.